The van der Waals surface area contributed by atoms with E-state index in [1.807, 2.05) is 49.4 Å². The van der Waals surface area contributed by atoms with E-state index in [1.54, 1.807) is 32.4 Å². The number of nitrogens with one attached hydrogen (secondary N) is 1. The Hall–Kier alpha value is -3.71. The lowest BCUT2D eigenvalue weighted by Gasteiger charge is -2.16. The molecule has 0 spiro atoms. The maximum atomic E-state index is 9.71. The van der Waals surface area contributed by atoms with Crippen molar-refractivity contribution in [3.8, 4) is 23.0 Å². The van der Waals surface area contributed by atoms with Gasteiger partial charge in [0, 0.05) is 18.7 Å². The molecule has 0 saturated carbocycles. The van der Waals surface area contributed by atoms with E-state index in [4.69, 9.17) is 18.9 Å². The summed E-state index contributed by atoms with van der Waals surface area (Å²) in [6, 6.07) is 18.5. The SMILES string of the molecule is CCOC(c1ccc(OCc2cc(OC)cc(OC)c2)cc1)c1nc2cc(O)ccc2[nH]1. The van der Waals surface area contributed by atoms with E-state index in [2.05, 4.69) is 9.97 Å². The number of fused-ring (bicyclic) bond motifs is 1. The molecule has 1 aromatic heterocycles. The third-order valence-corrected chi connectivity index (χ3v) is 5.07. The standard InChI is InChI=1S/C25H26N2O5/c1-4-31-24(25-26-22-10-7-18(28)13-23(22)27-25)17-5-8-19(9-6-17)32-15-16-11-20(29-2)14-21(12-16)30-3/h5-14,24,28H,4,15H2,1-3H3,(H,26,27). The fraction of sp³-hybridized carbons (Fsp3) is 0.240. The Kier molecular flexibility index (Phi) is 6.47. The minimum atomic E-state index is -0.355. The number of nitrogens with zero attached hydrogens (tertiary/aromatic N) is 1. The van der Waals surface area contributed by atoms with Gasteiger partial charge in [0.05, 0.1) is 25.3 Å². The molecule has 7 nitrogen and oxygen atoms in total. The number of phenolic OH excluding ortho intramolecular Hbond substituents is 1. The summed E-state index contributed by atoms with van der Waals surface area (Å²) in [5.41, 5.74) is 3.43. The van der Waals surface area contributed by atoms with Gasteiger partial charge in [-0.25, -0.2) is 4.98 Å². The minimum Gasteiger partial charge on any atom is -0.508 e. The van der Waals surface area contributed by atoms with Crippen LogP contribution in [0.3, 0.4) is 0 Å². The Morgan fingerprint density at radius 2 is 1.62 bits per heavy atom. The Balaban J connectivity index is 1.50. The quantitative estimate of drug-likeness (QED) is 0.386. The van der Waals surface area contributed by atoms with Gasteiger partial charge in [-0.1, -0.05) is 12.1 Å². The first-order chi connectivity index (χ1) is 15.6. The van der Waals surface area contributed by atoms with Crippen molar-refractivity contribution in [2.45, 2.75) is 19.6 Å². The van der Waals surface area contributed by atoms with Crippen LogP contribution < -0.4 is 14.2 Å². The van der Waals surface area contributed by atoms with Crippen molar-refractivity contribution in [2.75, 3.05) is 20.8 Å². The van der Waals surface area contributed by atoms with E-state index in [9.17, 15) is 5.11 Å². The van der Waals surface area contributed by atoms with Crippen LogP contribution in [-0.4, -0.2) is 35.9 Å². The van der Waals surface area contributed by atoms with Crippen LogP contribution in [0.4, 0.5) is 0 Å². The van der Waals surface area contributed by atoms with E-state index in [-0.39, 0.29) is 11.9 Å². The molecule has 32 heavy (non-hydrogen) atoms. The van der Waals surface area contributed by atoms with Crippen molar-refractivity contribution in [2.24, 2.45) is 0 Å². The molecule has 4 aromatic rings. The lowest BCUT2D eigenvalue weighted by Crippen LogP contribution is -2.08. The molecule has 1 unspecified atom stereocenters. The van der Waals surface area contributed by atoms with Crippen LogP contribution in [0, 0.1) is 0 Å². The Bertz CT molecular complexity index is 1160. The second-order valence-electron chi connectivity index (χ2n) is 7.24. The average Bonchev–Trinajstić information content (AvgIpc) is 3.24. The second kappa shape index (κ2) is 9.62. The highest BCUT2D eigenvalue weighted by atomic mass is 16.5. The summed E-state index contributed by atoms with van der Waals surface area (Å²) in [6.45, 7) is 2.86. The number of rotatable bonds is 9. The molecule has 166 valence electrons. The third-order valence-electron chi connectivity index (χ3n) is 5.07. The smallest absolute Gasteiger partial charge is 0.141 e. The molecular weight excluding hydrogens is 408 g/mol. The number of benzene rings is 3. The number of ether oxygens (including phenoxy) is 4. The molecule has 3 aromatic carbocycles. The fourth-order valence-corrected chi connectivity index (χ4v) is 3.49. The topological polar surface area (TPSA) is 85.8 Å². The molecule has 0 aliphatic carbocycles. The Morgan fingerprint density at radius 1 is 0.906 bits per heavy atom. The van der Waals surface area contributed by atoms with E-state index in [0.717, 1.165) is 33.9 Å². The van der Waals surface area contributed by atoms with Gasteiger partial charge < -0.3 is 29.0 Å². The molecule has 4 rings (SSSR count). The molecule has 1 atom stereocenters. The van der Waals surface area contributed by atoms with Crippen LogP contribution in [0.5, 0.6) is 23.0 Å². The summed E-state index contributed by atoms with van der Waals surface area (Å²) in [7, 11) is 3.25. The lowest BCUT2D eigenvalue weighted by molar-refractivity contribution is 0.0859. The number of methoxy groups -OCH3 is 2. The first-order valence-electron chi connectivity index (χ1n) is 10.3. The maximum absolute atomic E-state index is 9.71. The predicted octanol–water partition coefficient (Wildman–Crippen LogP) is 4.99. The first-order valence-corrected chi connectivity index (χ1v) is 10.3. The number of hydrogen-bond donors (Lipinski definition) is 2. The number of aromatic hydroxyl groups is 1. The zero-order chi connectivity index (χ0) is 22.5. The fourth-order valence-electron chi connectivity index (χ4n) is 3.49. The molecule has 0 aliphatic heterocycles. The average molecular weight is 434 g/mol. The molecular formula is C25H26N2O5. The molecule has 0 fully saturated rings. The van der Waals surface area contributed by atoms with E-state index >= 15 is 0 Å². The predicted molar refractivity (Wildman–Crippen MR) is 122 cm³/mol. The first kappa shape index (κ1) is 21.5. The van der Waals surface area contributed by atoms with E-state index in [1.165, 1.54) is 0 Å². The van der Waals surface area contributed by atoms with Gasteiger partial charge in [0.15, 0.2) is 0 Å². The summed E-state index contributed by atoms with van der Waals surface area (Å²) >= 11 is 0. The number of aromatic amines is 1. The van der Waals surface area contributed by atoms with Crippen LogP contribution >= 0.6 is 0 Å². The number of hydrogen-bond acceptors (Lipinski definition) is 6. The number of aromatic nitrogens is 2. The highest BCUT2D eigenvalue weighted by Crippen LogP contribution is 2.29. The van der Waals surface area contributed by atoms with Crippen molar-refractivity contribution in [1.29, 1.82) is 0 Å². The normalized spacial score (nSPS) is 12.0. The van der Waals surface area contributed by atoms with Crippen molar-refractivity contribution < 1.29 is 24.1 Å². The van der Waals surface area contributed by atoms with E-state index in [0.29, 0.717) is 24.6 Å². The van der Waals surface area contributed by atoms with Gasteiger partial charge in [0.1, 0.15) is 41.5 Å². The highest BCUT2D eigenvalue weighted by Gasteiger charge is 2.19. The van der Waals surface area contributed by atoms with Gasteiger partial charge in [-0.15, -0.1) is 0 Å². The molecule has 0 saturated heterocycles. The number of imidazole rings is 1. The zero-order valence-electron chi connectivity index (χ0n) is 18.3. The van der Waals surface area contributed by atoms with Crippen LogP contribution in [-0.2, 0) is 11.3 Å². The number of phenols is 1. The molecule has 0 amide bonds. The minimum absolute atomic E-state index is 0.179. The van der Waals surface area contributed by atoms with Crippen LogP contribution in [0.1, 0.15) is 30.0 Å². The molecule has 2 N–H and O–H groups in total. The van der Waals surface area contributed by atoms with Gasteiger partial charge in [-0.05, 0) is 54.4 Å². The number of H-pyrrole nitrogens is 1. The lowest BCUT2D eigenvalue weighted by atomic mass is 10.1. The van der Waals surface area contributed by atoms with Crippen molar-refractivity contribution >= 4 is 11.0 Å². The Labute approximate surface area is 186 Å². The summed E-state index contributed by atoms with van der Waals surface area (Å²) in [4.78, 5) is 7.89. The summed E-state index contributed by atoms with van der Waals surface area (Å²) in [6.07, 6.45) is -0.355. The monoisotopic (exact) mass is 434 g/mol. The molecule has 7 heteroatoms. The largest absolute Gasteiger partial charge is 0.508 e. The van der Waals surface area contributed by atoms with Crippen LogP contribution in [0.15, 0.2) is 60.7 Å². The van der Waals surface area contributed by atoms with Crippen molar-refractivity contribution in [3.63, 3.8) is 0 Å². The van der Waals surface area contributed by atoms with Crippen LogP contribution in [0.25, 0.3) is 11.0 Å². The molecule has 1 heterocycles. The summed E-state index contributed by atoms with van der Waals surface area (Å²) < 4.78 is 22.5. The third kappa shape index (κ3) is 4.78. The highest BCUT2D eigenvalue weighted by molar-refractivity contribution is 5.76. The second-order valence-corrected chi connectivity index (χ2v) is 7.24. The maximum Gasteiger partial charge on any atom is 0.141 e. The zero-order valence-corrected chi connectivity index (χ0v) is 18.3. The van der Waals surface area contributed by atoms with Crippen molar-refractivity contribution in [3.05, 3.63) is 77.6 Å². The van der Waals surface area contributed by atoms with Crippen LogP contribution in [0.2, 0.25) is 0 Å². The van der Waals surface area contributed by atoms with Gasteiger partial charge in [0.2, 0.25) is 0 Å². The van der Waals surface area contributed by atoms with Gasteiger partial charge in [-0.3, -0.25) is 0 Å². The van der Waals surface area contributed by atoms with Gasteiger partial charge in [-0.2, -0.15) is 0 Å². The molecule has 0 bridgehead atoms. The van der Waals surface area contributed by atoms with Crippen molar-refractivity contribution in [1.82, 2.24) is 9.97 Å². The molecule has 0 aliphatic rings. The molecule has 0 radical (unpaired) electrons. The van der Waals surface area contributed by atoms with Gasteiger partial charge in [0.25, 0.3) is 0 Å². The summed E-state index contributed by atoms with van der Waals surface area (Å²) in [5, 5.41) is 9.71. The Morgan fingerprint density at radius 3 is 2.28 bits per heavy atom. The van der Waals surface area contributed by atoms with E-state index < -0.39 is 0 Å². The summed E-state index contributed by atoms with van der Waals surface area (Å²) in [5.74, 6) is 3.04. The van der Waals surface area contributed by atoms with Gasteiger partial charge >= 0.3 is 0 Å².